The van der Waals surface area contributed by atoms with Crippen LogP contribution in [0.15, 0.2) is 22.7 Å². The molecule has 0 aliphatic rings. The monoisotopic (exact) mass is 260 g/mol. The van der Waals surface area contributed by atoms with Crippen molar-refractivity contribution in [3.63, 3.8) is 0 Å². The molecule has 14 heavy (non-hydrogen) atoms. The third kappa shape index (κ3) is 2.53. The minimum Gasteiger partial charge on any atom is -0.271 e. The second-order valence-electron chi connectivity index (χ2n) is 3.55. The van der Waals surface area contributed by atoms with Crippen LogP contribution in [-0.4, -0.2) is 0 Å². The summed E-state index contributed by atoms with van der Waals surface area (Å²) in [5, 5.41) is 0. The largest absolute Gasteiger partial charge is 0.271 e. The number of rotatable bonds is 3. The molecule has 1 rings (SSSR count). The van der Waals surface area contributed by atoms with Crippen molar-refractivity contribution in [1.29, 1.82) is 0 Å². The van der Waals surface area contributed by atoms with Gasteiger partial charge in [0.05, 0.1) is 6.04 Å². The Labute approximate surface area is 91.8 Å². The van der Waals surface area contributed by atoms with Crippen LogP contribution in [0, 0.1) is 11.7 Å². The van der Waals surface area contributed by atoms with Crippen LogP contribution in [0.2, 0.25) is 0 Å². The molecule has 0 bridgehead atoms. The van der Waals surface area contributed by atoms with Crippen molar-refractivity contribution in [2.45, 2.75) is 19.9 Å². The third-order valence-electron chi connectivity index (χ3n) is 2.14. The van der Waals surface area contributed by atoms with Gasteiger partial charge in [0.25, 0.3) is 0 Å². The molecule has 1 atom stereocenters. The average molecular weight is 261 g/mol. The van der Waals surface area contributed by atoms with Gasteiger partial charge in [-0.25, -0.2) is 4.39 Å². The molecule has 1 unspecified atom stereocenters. The van der Waals surface area contributed by atoms with Crippen LogP contribution in [0.1, 0.15) is 25.5 Å². The Morgan fingerprint density at radius 3 is 2.50 bits per heavy atom. The Morgan fingerprint density at radius 2 is 2.07 bits per heavy atom. The lowest BCUT2D eigenvalue weighted by Gasteiger charge is -2.20. The number of benzene rings is 1. The molecule has 0 aliphatic heterocycles. The van der Waals surface area contributed by atoms with E-state index in [-0.39, 0.29) is 17.8 Å². The number of hydrogen-bond acceptors (Lipinski definition) is 2. The molecule has 0 radical (unpaired) electrons. The van der Waals surface area contributed by atoms with Crippen LogP contribution in [0.25, 0.3) is 0 Å². The average Bonchev–Trinajstić information content (AvgIpc) is 2.09. The fraction of sp³-hybridized carbons (Fsp3) is 0.400. The van der Waals surface area contributed by atoms with E-state index >= 15 is 0 Å². The summed E-state index contributed by atoms with van der Waals surface area (Å²) in [5.41, 5.74) is 3.23. The minimum absolute atomic E-state index is 0.150. The van der Waals surface area contributed by atoms with Crippen molar-refractivity contribution in [3.05, 3.63) is 34.1 Å². The molecule has 78 valence electrons. The van der Waals surface area contributed by atoms with Gasteiger partial charge in [0.2, 0.25) is 0 Å². The highest BCUT2D eigenvalue weighted by Crippen LogP contribution is 2.25. The van der Waals surface area contributed by atoms with Crippen molar-refractivity contribution in [3.8, 4) is 0 Å². The zero-order valence-electron chi connectivity index (χ0n) is 8.22. The molecule has 4 heteroatoms. The maximum atomic E-state index is 13.5. The first-order valence-corrected chi connectivity index (χ1v) is 5.26. The first-order chi connectivity index (χ1) is 6.56. The zero-order chi connectivity index (χ0) is 10.7. The molecule has 0 aromatic heterocycles. The van der Waals surface area contributed by atoms with E-state index < -0.39 is 0 Å². The number of nitrogens with one attached hydrogen (secondary N) is 1. The van der Waals surface area contributed by atoms with Crippen molar-refractivity contribution >= 4 is 15.9 Å². The Bertz CT molecular complexity index is 315. The van der Waals surface area contributed by atoms with E-state index in [1.54, 1.807) is 6.07 Å². The quantitative estimate of drug-likeness (QED) is 0.648. The molecule has 1 aromatic rings. The first kappa shape index (κ1) is 11.6. The van der Waals surface area contributed by atoms with E-state index in [2.05, 4.69) is 21.4 Å². The number of nitrogens with two attached hydrogens (primary N) is 1. The molecule has 1 aromatic carbocycles. The lowest BCUT2D eigenvalue weighted by molar-refractivity contribution is 0.405. The summed E-state index contributed by atoms with van der Waals surface area (Å²) in [6, 6.07) is 4.85. The van der Waals surface area contributed by atoms with Crippen LogP contribution in [0.4, 0.5) is 4.39 Å². The SMILES string of the molecule is CC(C)C(NN)c1ccc(Br)cc1F. The van der Waals surface area contributed by atoms with Crippen LogP contribution in [0.3, 0.4) is 0 Å². The standard InChI is InChI=1S/C10H14BrFN2/c1-6(2)10(14-13)8-4-3-7(11)5-9(8)12/h3-6,10,14H,13H2,1-2H3. The van der Waals surface area contributed by atoms with Gasteiger partial charge in [-0.1, -0.05) is 35.8 Å². The highest BCUT2D eigenvalue weighted by atomic mass is 79.9. The molecule has 2 nitrogen and oxygen atoms in total. The summed E-state index contributed by atoms with van der Waals surface area (Å²) in [4.78, 5) is 0. The van der Waals surface area contributed by atoms with Crippen LogP contribution >= 0.6 is 15.9 Å². The fourth-order valence-corrected chi connectivity index (χ4v) is 1.73. The van der Waals surface area contributed by atoms with Crippen LogP contribution < -0.4 is 11.3 Å². The summed E-state index contributed by atoms with van der Waals surface area (Å²) < 4.78 is 14.3. The highest BCUT2D eigenvalue weighted by Gasteiger charge is 2.17. The van der Waals surface area contributed by atoms with Crippen molar-refractivity contribution < 1.29 is 4.39 Å². The predicted molar refractivity (Wildman–Crippen MR) is 59.0 cm³/mol. The molecule has 0 saturated heterocycles. The molecule has 3 N–H and O–H groups in total. The number of hydrazine groups is 1. The van der Waals surface area contributed by atoms with Crippen molar-refractivity contribution in [2.24, 2.45) is 11.8 Å². The van der Waals surface area contributed by atoms with E-state index in [9.17, 15) is 4.39 Å². The molecule has 0 heterocycles. The second-order valence-corrected chi connectivity index (χ2v) is 4.47. The summed E-state index contributed by atoms with van der Waals surface area (Å²) in [6.45, 7) is 3.98. The molecular formula is C10H14BrFN2. The molecule has 0 spiro atoms. The summed E-state index contributed by atoms with van der Waals surface area (Å²) in [7, 11) is 0. The van der Waals surface area contributed by atoms with Crippen molar-refractivity contribution in [2.75, 3.05) is 0 Å². The van der Waals surface area contributed by atoms with Gasteiger partial charge in [0.1, 0.15) is 5.82 Å². The number of hydrogen-bond donors (Lipinski definition) is 2. The van der Waals surface area contributed by atoms with Gasteiger partial charge < -0.3 is 0 Å². The second kappa shape index (κ2) is 4.87. The maximum absolute atomic E-state index is 13.5. The molecule has 0 aliphatic carbocycles. The Morgan fingerprint density at radius 1 is 1.43 bits per heavy atom. The van der Waals surface area contributed by atoms with Gasteiger partial charge in [0, 0.05) is 10.0 Å². The third-order valence-corrected chi connectivity index (χ3v) is 2.64. The van der Waals surface area contributed by atoms with Crippen molar-refractivity contribution in [1.82, 2.24) is 5.43 Å². The van der Waals surface area contributed by atoms with Crippen LogP contribution in [-0.2, 0) is 0 Å². The zero-order valence-corrected chi connectivity index (χ0v) is 9.81. The van der Waals surface area contributed by atoms with Gasteiger partial charge >= 0.3 is 0 Å². The Balaban J connectivity index is 3.04. The summed E-state index contributed by atoms with van der Waals surface area (Å²) >= 11 is 3.21. The smallest absolute Gasteiger partial charge is 0.129 e. The van der Waals surface area contributed by atoms with Gasteiger partial charge in [-0.15, -0.1) is 0 Å². The minimum atomic E-state index is -0.240. The Hall–Kier alpha value is -0.450. The summed E-state index contributed by atoms with van der Waals surface area (Å²) in [5.74, 6) is 5.39. The van der Waals surface area contributed by atoms with Gasteiger partial charge in [-0.3, -0.25) is 11.3 Å². The maximum Gasteiger partial charge on any atom is 0.129 e. The molecule has 0 fully saturated rings. The van der Waals surface area contributed by atoms with Crippen LogP contribution in [0.5, 0.6) is 0 Å². The lowest BCUT2D eigenvalue weighted by atomic mass is 9.96. The van der Waals surface area contributed by atoms with E-state index in [1.807, 2.05) is 19.9 Å². The van der Waals surface area contributed by atoms with E-state index in [0.717, 1.165) is 4.47 Å². The molecular weight excluding hydrogens is 247 g/mol. The lowest BCUT2D eigenvalue weighted by Crippen LogP contribution is -2.32. The highest BCUT2D eigenvalue weighted by molar-refractivity contribution is 9.10. The topological polar surface area (TPSA) is 38.0 Å². The van der Waals surface area contributed by atoms with Gasteiger partial charge in [-0.2, -0.15) is 0 Å². The number of halogens is 2. The molecule has 0 amide bonds. The normalized spacial score (nSPS) is 13.3. The van der Waals surface area contributed by atoms with E-state index in [4.69, 9.17) is 5.84 Å². The fourth-order valence-electron chi connectivity index (χ4n) is 1.40. The predicted octanol–water partition coefficient (Wildman–Crippen LogP) is 2.75. The Kier molecular flexibility index (Phi) is 4.04. The first-order valence-electron chi connectivity index (χ1n) is 4.47. The summed E-state index contributed by atoms with van der Waals surface area (Å²) in [6.07, 6.45) is 0. The van der Waals surface area contributed by atoms with Gasteiger partial charge in [-0.05, 0) is 18.1 Å². The van der Waals surface area contributed by atoms with E-state index in [0.29, 0.717) is 5.56 Å². The van der Waals surface area contributed by atoms with E-state index in [1.165, 1.54) is 6.07 Å². The molecule has 0 saturated carbocycles. The van der Waals surface area contributed by atoms with Gasteiger partial charge in [0.15, 0.2) is 0 Å².